The molecule has 0 spiro atoms. The summed E-state index contributed by atoms with van der Waals surface area (Å²) >= 11 is 1.28. The number of nitrogens with one attached hydrogen (secondary N) is 1. The number of carboxylic acids is 1. The van der Waals surface area contributed by atoms with Crippen LogP contribution in [0.4, 0.5) is 5.00 Å². The number of carboxylic acid groups (broad SMARTS) is 1. The number of amides is 1. The van der Waals surface area contributed by atoms with Gasteiger partial charge in [0.05, 0.1) is 0 Å². The molecule has 26 heavy (non-hydrogen) atoms. The Bertz CT molecular complexity index is 987. The number of carbonyl (C=O) groups excluding carboxylic acids is 1. The Labute approximate surface area is 156 Å². The molecule has 0 radical (unpaired) electrons. The van der Waals surface area contributed by atoms with E-state index in [1.54, 1.807) is 12.1 Å². The van der Waals surface area contributed by atoms with Crippen molar-refractivity contribution in [3.05, 3.63) is 75.7 Å². The molecule has 4 nitrogen and oxygen atoms in total. The maximum atomic E-state index is 12.6. The predicted molar refractivity (Wildman–Crippen MR) is 105 cm³/mol. The van der Waals surface area contributed by atoms with E-state index in [0.717, 1.165) is 21.6 Å². The fourth-order valence-electron chi connectivity index (χ4n) is 2.90. The topological polar surface area (TPSA) is 66.4 Å². The molecule has 3 aromatic rings. The van der Waals surface area contributed by atoms with Crippen molar-refractivity contribution in [1.82, 2.24) is 0 Å². The van der Waals surface area contributed by atoms with Crippen molar-refractivity contribution < 1.29 is 14.7 Å². The van der Waals surface area contributed by atoms with Gasteiger partial charge in [-0.15, -0.1) is 11.3 Å². The van der Waals surface area contributed by atoms with Crippen molar-refractivity contribution in [3.63, 3.8) is 0 Å². The Morgan fingerprint density at radius 1 is 0.962 bits per heavy atom. The average molecular weight is 365 g/mol. The van der Waals surface area contributed by atoms with Crippen LogP contribution in [0.25, 0.3) is 11.1 Å². The highest BCUT2D eigenvalue weighted by Gasteiger charge is 2.24. The highest BCUT2D eigenvalue weighted by Crippen LogP contribution is 2.40. The average Bonchev–Trinajstić information content (AvgIpc) is 2.92. The molecule has 1 aromatic heterocycles. The van der Waals surface area contributed by atoms with Crippen molar-refractivity contribution in [3.8, 4) is 11.1 Å². The summed E-state index contributed by atoms with van der Waals surface area (Å²) < 4.78 is 0. The molecule has 1 amide bonds. The quantitative estimate of drug-likeness (QED) is 0.660. The third-order valence-corrected chi connectivity index (χ3v) is 5.28. The van der Waals surface area contributed by atoms with Crippen LogP contribution in [0.5, 0.6) is 0 Å². The Morgan fingerprint density at radius 3 is 2.23 bits per heavy atom. The second-order valence-electron chi connectivity index (χ2n) is 6.18. The van der Waals surface area contributed by atoms with E-state index in [9.17, 15) is 14.7 Å². The van der Waals surface area contributed by atoms with Crippen molar-refractivity contribution in [2.45, 2.75) is 20.8 Å². The van der Waals surface area contributed by atoms with E-state index in [4.69, 9.17) is 0 Å². The number of hydrogen-bond acceptors (Lipinski definition) is 3. The number of anilines is 1. The minimum atomic E-state index is -1.05. The minimum Gasteiger partial charge on any atom is -0.478 e. The first-order valence-corrected chi connectivity index (χ1v) is 9.01. The smallest absolute Gasteiger partial charge is 0.339 e. The third-order valence-electron chi connectivity index (χ3n) is 4.26. The molecule has 0 aliphatic rings. The number of aryl methyl sites for hydroxylation is 3. The van der Waals surface area contributed by atoms with E-state index in [-0.39, 0.29) is 11.5 Å². The van der Waals surface area contributed by atoms with E-state index in [2.05, 4.69) is 5.32 Å². The Hall–Kier alpha value is -2.92. The van der Waals surface area contributed by atoms with Gasteiger partial charge >= 0.3 is 5.97 Å². The van der Waals surface area contributed by atoms with Crippen LogP contribution < -0.4 is 5.32 Å². The summed E-state index contributed by atoms with van der Waals surface area (Å²) in [5.41, 5.74) is 4.10. The van der Waals surface area contributed by atoms with Gasteiger partial charge in [-0.3, -0.25) is 4.79 Å². The molecule has 0 saturated heterocycles. The lowest BCUT2D eigenvalue weighted by Gasteiger charge is -2.08. The van der Waals surface area contributed by atoms with Gasteiger partial charge in [0.2, 0.25) is 0 Å². The summed E-state index contributed by atoms with van der Waals surface area (Å²) in [4.78, 5) is 25.4. The van der Waals surface area contributed by atoms with Gasteiger partial charge in [-0.1, -0.05) is 48.0 Å². The van der Waals surface area contributed by atoms with Gasteiger partial charge in [0, 0.05) is 16.0 Å². The first-order valence-electron chi connectivity index (χ1n) is 8.19. The van der Waals surface area contributed by atoms with Crippen LogP contribution in [0.3, 0.4) is 0 Å². The van der Waals surface area contributed by atoms with Crippen LogP contribution in [0.15, 0.2) is 48.5 Å². The first-order chi connectivity index (χ1) is 12.4. The van der Waals surface area contributed by atoms with Gasteiger partial charge in [0.25, 0.3) is 5.91 Å². The molecule has 132 valence electrons. The monoisotopic (exact) mass is 365 g/mol. The number of benzene rings is 2. The van der Waals surface area contributed by atoms with E-state index in [1.165, 1.54) is 11.3 Å². The summed E-state index contributed by atoms with van der Waals surface area (Å²) in [7, 11) is 0. The molecule has 0 bridgehead atoms. The lowest BCUT2D eigenvalue weighted by molar-refractivity contribution is 0.0699. The second-order valence-corrected chi connectivity index (χ2v) is 7.40. The molecule has 0 aliphatic heterocycles. The lowest BCUT2D eigenvalue weighted by atomic mass is 10.0. The van der Waals surface area contributed by atoms with Crippen LogP contribution in [0.1, 0.15) is 36.7 Å². The normalized spacial score (nSPS) is 10.6. The highest BCUT2D eigenvalue weighted by atomic mass is 32.1. The maximum Gasteiger partial charge on any atom is 0.339 e. The summed E-state index contributed by atoms with van der Waals surface area (Å²) in [5.74, 6) is -1.35. The third kappa shape index (κ3) is 3.39. The molecule has 1 heterocycles. The Kier molecular flexibility index (Phi) is 4.91. The van der Waals surface area contributed by atoms with Gasteiger partial charge in [-0.2, -0.15) is 0 Å². The number of carbonyl (C=O) groups is 2. The number of thiophene rings is 1. The summed E-state index contributed by atoms with van der Waals surface area (Å²) in [6.07, 6.45) is 0. The molecule has 5 heteroatoms. The number of rotatable bonds is 4. The van der Waals surface area contributed by atoms with Gasteiger partial charge in [0.1, 0.15) is 10.6 Å². The number of hydrogen-bond donors (Lipinski definition) is 2. The molecule has 0 atom stereocenters. The standard InChI is InChI=1S/C21H19NO3S/c1-12-8-10-15(11-9-12)17-14(3)26-20(18(17)21(24)25)22-19(23)16-7-5-4-6-13(16)2/h4-11H,1-3H3,(H,22,23)(H,24,25). The van der Waals surface area contributed by atoms with Crippen LogP contribution in [0.2, 0.25) is 0 Å². The highest BCUT2D eigenvalue weighted by molar-refractivity contribution is 7.17. The van der Waals surface area contributed by atoms with Crippen LogP contribution in [-0.4, -0.2) is 17.0 Å². The second kappa shape index (κ2) is 7.14. The van der Waals surface area contributed by atoms with Crippen LogP contribution in [-0.2, 0) is 0 Å². The molecule has 0 fully saturated rings. The van der Waals surface area contributed by atoms with Crippen molar-refractivity contribution >= 4 is 28.2 Å². The van der Waals surface area contributed by atoms with E-state index in [1.807, 2.05) is 57.2 Å². The number of aromatic carboxylic acids is 1. The van der Waals surface area contributed by atoms with Gasteiger partial charge < -0.3 is 10.4 Å². The Balaban J connectivity index is 2.05. The zero-order valence-electron chi connectivity index (χ0n) is 14.8. The van der Waals surface area contributed by atoms with E-state index < -0.39 is 5.97 Å². The maximum absolute atomic E-state index is 12.6. The summed E-state index contributed by atoms with van der Waals surface area (Å²) in [6.45, 7) is 5.70. The largest absolute Gasteiger partial charge is 0.478 e. The van der Waals surface area contributed by atoms with Gasteiger partial charge in [0.15, 0.2) is 0 Å². The van der Waals surface area contributed by atoms with Gasteiger partial charge in [-0.25, -0.2) is 4.79 Å². The summed E-state index contributed by atoms with van der Waals surface area (Å²) in [6, 6.07) is 14.9. The van der Waals surface area contributed by atoms with Crippen molar-refractivity contribution in [2.24, 2.45) is 0 Å². The predicted octanol–water partition coefficient (Wildman–Crippen LogP) is 5.29. The molecular formula is C21H19NO3S. The van der Waals surface area contributed by atoms with Crippen LogP contribution in [0, 0.1) is 20.8 Å². The Morgan fingerprint density at radius 2 is 1.62 bits per heavy atom. The molecule has 3 rings (SSSR count). The molecule has 2 aromatic carbocycles. The summed E-state index contributed by atoms with van der Waals surface area (Å²) in [5, 5.41) is 12.9. The fourth-order valence-corrected chi connectivity index (χ4v) is 3.97. The fraction of sp³-hybridized carbons (Fsp3) is 0.143. The van der Waals surface area contributed by atoms with Crippen LogP contribution >= 0.6 is 11.3 Å². The first kappa shape index (κ1) is 17.9. The van der Waals surface area contributed by atoms with Crippen molar-refractivity contribution in [2.75, 3.05) is 5.32 Å². The molecule has 0 aliphatic carbocycles. The van der Waals surface area contributed by atoms with E-state index in [0.29, 0.717) is 16.1 Å². The lowest BCUT2D eigenvalue weighted by Crippen LogP contribution is -2.14. The molecule has 2 N–H and O–H groups in total. The van der Waals surface area contributed by atoms with Gasteiger partial charge in [-0.05, 0) is 38.0 Å². The van der Waals surface area contributed by atoms with E-state index >= 15 is 0 Å². The van der Waals surface area contributed by atoms with Crippen molar-refractivity contribution in [1.29, 1.82) is 0 Å². The minimum absolute atomic E-state index is 0.137. The SMILES string of the molecule is Cc1ccc(-c2c(C)sc(NC(=O)c3ccccc3C)c2C(=O)O)cc1. The zero-order valence-corrected chi connectivity index (χ0v) is 15.6. The zero-order chi connectivity index (χ0) is 18.8. The molecular weight excluding hydrogens is 346 g/mol. The molecule has 0 saturated carbocycles. The molecule has 0 unspecified atom stereocenters.